The first kappa shape index (κ1) is 19.3. The summed E-state index contributed by atoms with van der Waals surface area (Å²) < 4.78 is 6.14. The van der Waals surface area contributed by atoms with Crippen LogP contribution in [0.1, 0.15) is 29.5 Å². The van der Waals surface area contributed by atoms with Gasteiger partial charge in [-0.25, -0.2) is 15.0 Å². The molecule has 1 saturated heterocycles. The lowest BCUT2D eigenvalue weighted by molar-refractivity contribution is 0.481. The van der Waals surface area contributed by atoms with Gasteiger partial charge in [0.1, 0.15) is 28.9 Å². The van der Waals surface area contributed by atoms with Crippen LogP contribution in [0.2, 0.25) is 0 Å². The maximum Gasteiger partial charge on any atom is 0.162 e. The molecule has 0 radical (unpaired) electrons. The van der Waals surface area contributed by atoms with Crippen molar-refractivity contribution < 1.29 is 4.74 Å². The molecule has 0 saturated carbocycles. The summed E-state index contributed by atoms with van der Waals surface area (Å²) in [7, 11) is 0. The largest absolute Gasteiger partial charge is 0.455 e. The van der Waals surface area contributed by atoms with Crippen LogP contribution in [0.3, 0.4) is 0 Å². The number of pyridine rings is 1. The summed E-state index contributed by atoms with van der Waals surface area (Å²) in [6.07, 6.45) is 7.06. The minimum atomic E-state index is 0.311. The van der Waals surface area contributed by atoms with Crippen molar-refractivity contribution in [2.45, 2.75) is 19.4 Å². The van der Waals surface area contributed by atoms with Gasteiger partial charge in [-0.15, -0.1) is 0 Å². The van der Waals surface area contributed by atoms with Crippen molar-refractivity contribution in [3.8, 4) is 35.0 Å². The van der Waals surface area contributed by atoms with E-state index in [4.69, 9.17) is 10.5 Å². The van der Waals surface area contributed by atoms with Crippen LogP contribution < -0.4 is 15.4 Å². The smallest absolute Gasteiger partial charge is 0.162 e. The molecule has 148 valence electrons. The van der Waals surface area contributed by atoms with Gasteiger partial charge in [0, 0.05) is 43.7 Å². The first-order valence-electron chi connectivity index (χ1n) is 9.60. The second-order valence-corrected chi connectivity index (χ2v) is 6.89. The number of rotatable bonds is 5. The normalized spacial score (nSPS) is 13.0. The highest BCUT2D eigenvalue weighted by Crippen LogP contribution is 2.35. The van der Waals surface area contributed by atoms with Crippen LogP contribution in [-0.4, -0.2) is 28.0 Å². The van der Waals surface area contributed by atoms with Gasteiger partial charge < -0.3 is 15.4 Å². The standard InChI is InChI=1S/C22H19N7O/c23-9-15-3-4-18(22-27-12-16(10-24)13-28-22)20(7-15)30-19-8-21(26-14-17(19)11-25)29-5-1-2-6-29/h3-4,7-8,12-14H,1-2,5-6,10,24H2. The third-order valence-electron chi connectivity index (χ3n) is 4.91. The van der Waals surface area contributed by atoms with Crippen LogP contribution in [0, 0.1) is 22.7 Å². The molecular formula is C22H19N7O. The number of nitriles is 2. The van der Waals surface area contributed by atoms with Gasteiger partial charge in [-0.05, 0) is 31.0 Å². The topological polar surface area (TPSA) is 125 Å². The number of nitrogens with zero attached hydrogens (tertiary/aromatic N) is 6. The minimum absolute atomic E-state index is 0.311. The second-order valence-electron chi connectivity index (χ2n) is 6.89. The molecule has 0 amide bonds. The van der Waals surface area contributed by atoms with Crippen molar-refractivity contribution >= 4 is 5.82 Å². The summed E-state index contributed by atoms with van der Waals surface area (Å²) in [6, 6.07) is 11.0. The van der Waals surface area contributed by atoms with E-state index >= 15 is 0 Å². The van der Waals surface area contributed by atoms with Gasteiger partial charge in [-0.1, -0.05) is 0 Å². The number of anilines is 1. The Bertz CT molecular complexity index is 1140. The van der Waals surface area contributed by atoms with Gasteiger partial charge in [0.25, 0.3) is 0 Å². The molecule has 0 spiro atoms. The molecule has 0 aliphatic carbocycles. The second kappa shape index (κ2) is 8.56. The van der Waals surface area contributed by atoms with Crippen LogP contribution in [0.15, 0.2) is 42.9 Å². The lowest BCUT2D eigenvalue weighted by Gasteiger charge is -2.18. The van der Waals surface area contributed by atoms with Crippen LogP contribution in [-0.2, 0) is 6.54 Å². The van der Waals surface area contributed by atoms with E-state index in [1.54, 1.807) is 36.7 Å². The van der Waals surface area contributed by atoms with E-state index in [2.05, 4.69) is 32.0 Å². The molecule has 2 N–H and O–H groups in total. The first-order valence-corrected chi connectivity index (χ1v) is 9.60. The minimum Gasteiger partial charge on any atom is -0.455 e. The Morgan fingerprint density at radius 1 is 0.967 bits per heavy atom. The average molecular weight is 397 g/mol. The van der Waals surface area contributed by atoms with Crippen molar-refractivity contribution in [1.29, 1.82) is 10.5 Å². The van der Waals surface area contributed by atoms with E-state index in [9.17, 15) is 10.5 Å². The fraction of sp³-hybridized carbons (Fsp3) is 0.227. The Morgan fingerprint density at radius 2 is 1.73 bits per heavy atom. The van der Waals surface area contributed by atoms with Gasteiger partial charge in [-0.2, -0.15) is 10.5 Å². The number of hydrogen-bond acceptors (Lipinski definition) is 8. The van der Waals surface area contributed by atoms with E-state index in [0.717, 1.165) is 37.3 Å². The Labute approximate surface area is 174 Å². The van der Waals surface area contributed by atoms with Gasteiger partial charge in [0.2, 0.25) is 0 Å². The number of nitrogens with two attached hydrogens (primary N) is 1. The third-order valence-corrected chi connectivity index (χ3v) is 4.91. The fourth-order valence-corrected chi connectivity index (χ4v) is 3.29. The predicted octanol–water partition coefficient (Wildman–Crippen LogP) is 3.13. The number of aromatic nitrogens is 3. The van der Waals surface area contributed by atoms with Gasteiger partial charge in [-0.3, -0.25) is 0 Å². The summed E-state index contributed by atoms with van der Waals surface area (Å²) in [4.78, 5) is 15.3. The Morgan fingerprint density at radius 3 is 2.40 bits per heavy atom. The molecule has 0 bridgehead atoms. The quantitative estimate of drug-likeness (QED) is 0.696. The molecule has 1 aliphatic rings. The van der Waals surface area contributed by atoms with Gasteiger partial charge in [0.05, 0.1) is 23.4 Å². The maximum absolute atomic E-state index is 9.52. The molecule has 1 fully saturated rings. The van der Waals surface area contributed by atoms with Crippen LogP contribution in [0.25, 0.3) is 11.4 Å². The van der Waals surface area contributed by atoms with Crippen LogP contribution in [0.4, 0.5) is 5.82 Å². The molecular weight excluding hydrogens is 378 g/mol. The summed E-state index contributed by atoms with van der Waals surface area (Å²) >= 11 is 0. The summed E-state index contributed by atoms with van der Waals surface area (Å²) in [5.74, 6) is 1.98. The Hall–Kier alpha value is -4.01. The van der Waals surface area contributed by atoms with Crippen molar-refractivity contribution in [3.05, 3.63) is 59.5 Å². The highest BCUT2D eigenvalue weighted by atomic mass is 16.5. The highest BCUT2D eigenvalue weighted by molar-refractivity contribution is 5.67. The molecule has 8 nitrogen and oxygen atoms in total. The predicted molar refractivity (Wildman–Crippen MR) is 111 cm³/mol. The first-order chi connectivity index (χ1) is 14.7. The van der Waals surface area contributed by atoms with E-state index < -0.39 is 0 Å². The monoisotopic (exact) mass is 397 g/mol. The molecule has 3 aromatic rings. The molecule has 30 heavy (non-hydrogen) atoms. The zero-order chi connectivity index (χ0) is 20.9. The number of ether oxygens (including phenoxy) is 1. The molecule has 2 aromatic heterocycles. The van der Waals surface area contributed by atoms with Gasteiger partial charge in [0.15, 0.2) is 5.82 Å². The molecule has 3 heterocycles. The molecule has 4 rings (SSSR count). The van der Waals surface area contributed by atoms with Crippen molar-refractivity contribution in [2.24, 2.45) is 5.73 Å². The Balaban J connectivity index is 1.75. The number of hydrogen-bond donors (Lipinski definition) is 1. The number of benzene rings is 1. The molecule has 8 heteroatoms. The third kappa shape index (κ3) is 3.90. The summed E-state index contributed by atoms with van der Waals surface area (Å²) in [6.45, 7) is 2.20. The van der Waals surface area contributed by atoms with Crippen LogP contribution >= 0.6 is 0 Å². The zero-order valence-electron chi connectivity index (χ0n) is 16.2. The van der Waals surface area contributed by atoms with E-state index in [1.165, 1.54) is 6.20 Å². The van der Waals surface area contributed by atoms with E-state index in [1.807, 2.05) is 0 Å². The van der Waals surface area contributed by atoms with E-state index in [-0.39, 0.29) is 0 Å². The lowest BCUT2D eigenvalue weighted by Crippen LogP contribution is -2.18. The average Bonchev–Trinajstić information content (AvgIpc) is 3.34. The fourth-order valence-electron chi connectivity index (χ4n) is 3.29. The summed E-state index contributed by atoms with van der Waals surface area (Å²) in [5, 5.41) is 18.9. The van der Waals surface area contributed by atoms with Crippen LogP contribution in [0.5, 0.6) is 11.5 Å². The SMILES string of the molecule is N#Cc1ccc(-c2ncc(CN)cn2)c(Oc2cc(N3CCCC3)ncc2C#N)c1. The van der Waals surface area contributed by atoms with E-state index in [0.29, 0.717) is 40.6 Å². The molecule has 1 aliphatic heterocycles. The van der Waals surface area contributed by atoms with Crippen molar-refractivity contribution in [2.75, 3.05) is 18.0 Å². The highest BCUT2D eigenvalue weighted by Gasteiger charge is 2.18. The Kier molecular flexibility index (Phi) is 5.51. The van der Waals surface area contributed by atoms with Crippen molar-refractivity contribution in [1.82, 2.24) is 15.0 Å². The summed E-state index contributed by atoms with van der Waals surface area (Å²) in [5.41, 5.74) is 7.79. The molecule has 0 unspecified atom stereocenters. The lowest BCUT2D eigenvalue weighted by atomic mass is 10.1. The maximum atomic E-state index is 9.52. The molecule has 1 aromatic carbocycles. The van der Waals surface area contributed by atoms with Gasteiger partial charge >= 0.3 is 0 Å². The van der Waals surface area contributed by atoms with Crippen molar-refractivity contribution in [3.63, 3.8) is 0 Å². The zero-order valence-corrected chi connectivity index (χ0v) is 16.2. The molecule has 0 atom stereocenters.